The predicted octanol–water partition coefficient (Wildman–Crippen LogP) is 2.65. The summed E-state index contributed by atoms with van der Waals surface area (Å²) in [5.74, 6) is 0.944. The van der Waals surface area contributed by atoms with Crippen LogP contribution in [0.15, 0.2) is 40.8 Å². The van der Waals surface area contributed by atoms with E-state index < -0.39 is 0 Å². The largest absolute Gasteiger partial charge is 0.456 e. The van der Waals surface area contributed by atoms with E-state index in [4.69, 9.17) is 9.15 Å². The molecular formula is C23H30N4O4. The molecule has 0 spiro atoms. The van der Waals surface area contributed by atoms with Gasteiger partial charge in [-0.2, -0.15) is 0 Å². The molecule has 31 heavy (non-hydrogen) atoms. The molecule has 2 fully saturated rings. The van der Waals surface area contributed by atoms with Gasteiger partial charge in [-0.05, 0) is 43.7 Å². The Kier molecular flexibility index (Phi) is 6.46. The second-order valence-electron chi connectivity index (χ2n) is 8.05. The number of furan rings is 1. The van der Waals surface area contributed by atoms with Crippen LogP contribution in [0.5, 0.6) is 0 Å². The highest BCUT2D eigenvalue weighted by Crippen LogP contribution is 2.20. The van der Waals surface area contributed by atoms with Crippen LogP contribution in [0.2, 0.25) is 0 Å². The van der Waals surface area contributed by atoms with Crippen LogP contribution in [-0.4, -0.2) is 74.2 Å². The van der Waals surface area contributed by atoms with Crippen molar-refractivity contribution in [3.63, 3.8) is 0 Å². The lowest BCUT2D eigenvalue weighted by atomic mass is 10.1. The van der Waals surface area contributed by atoms with E-state index >= 15 is 0 Å². The first-order valence-electron chi connectivity index (χ1n) is 10.8. The van der Waals surface area contributed by atoms with Crippen LogP contribution in [0, 0.1) is 6.92 Å². The summed E-state index contributed by atoms with van der Waals surface area (Å²) < 4.78 is 10.8. The third-order valence-corrected chi connectivity index (χ3v) is 5.91. The molecule has 1 unspecified atom stereocenters. The summed E-state index contributed by atoms with van der Waals surface area (Å²) in [7, 11) is 0. The molecule has 0 aliphatic carbocycles. The summed E-state index contributed by atoms with van der Waals surface area (Å²) in [6, 6.07) is 11.6. The van der Waals surface area contributed by atoms with Gasteiger partial charge in [-0.15, -0.1) is 0 Å². The monoisotopic (exact) mass is 426 g/mol. The Balaban J connectivity index is 1.27. The summed E-state index contributed by atoms with van der Waals surface area (Å²) in [5.41, 5.74) is 2.24. The Hall–Kier alpha value is -3.00. The fourth-order valence-corrected chi connectivity index (χ4v) is 3.97. The Morgan fingerprint density at radius 1 is 0.903 bits per heavy atom. The zero-order valence-electron chi connectivity index (χ0n) is 18.2. The van der Waals surface area contributed by atoms with Crippen LogP contribution in [0.1, 0.15) is 34.8 Å². The van der Waals surface area contributed by atoms with Gasteiger partial charge in [0.2, 0.25) is 0 Å². The minimum atomic E-state index is -0.123. The maximum atomic E-state index is 12.7. The van der Waals surface area contributed by atoms with Gasteiger partial charge in [0.25, 0.3) is 5.91 Å². The van der Waals surface area contributed by atoms with Gasteiger partial charge in [0.15, 0.2) is 5.76 Å². The summed E-state index contributed by atoms with van der Waals surface area (Å²) in [6.45, 7) is 9.11. The number of morpholine rings is 1. The minimum Gasteiger partial charge on any atom is -0.456 e. The number of rotatable bonds is 4. The number of hydrogen-bond acceptors (Lipinski definition) is 5. The smallest absolute Gasteiger partial charge is 0.317 e. The lowest BCUT2D eigenvalue weighted by Gasteiger charge is -2.35. The molecule has 8 nitrogen and oxygen atoms in total. The number of amides is 3. The van der Waals surface area contributed by atoms with E-state index in [-0.39, 0.29) is 18.0 Å². The maximum absolute atomic E-state index is 12.7. The highest BCUT2D eigenvalue weighted by molar-refractivity contribution is 5.91. The number of anilines is 1. The molecule has 0 radical (unpaired) electrons. The molecule has 2 aromatic rings. The van der Waals surface area contributed by atoms with E-state index in [9.17, 15) is 9.59 Å². The van der Waals surface area contributed by atoms with Gasteiger partial charge in [0.1, 0.15) is 5.76 Å². The van der Waals surface area contributed by atoms with Crippen molar-refractivity contribution in [3.8, 4) is 0 Å². The molecule has 0 bridgehead atoms. The van der Waals surface area contributed by atoms with Crippen molar-refractivity contribution in [2.75, 3.05) is 57.4 Å². The topological polar surface area (TPSA) is 78.3 Å². The first-order valence-corrected chi connectivity index (χ1v) is 10.8. The number of nitrogens with zero attached hydrogens (tertiary/aromatic N) is 3. The Labute approximate surface area is 182 Å². The highest BCUT2D eigenvalue weighted by Gasteiger charge is 2.27. The van der Waals surface area contributed by atoms with Crippen molar-refractivity contribution in [1.82, 2.24) is 15.1 Å². The zero-order chi connectivity index (χ0) is 21.8. The third kappa shape index (κ3) is 5.02. The molecule has 4 rings (SSSR count). The number of benzene rings is 1. The molecule has 2 saturated heterocycles. The van der Waals surface area contributed by atoms with Crippen molar-refractivity contribution >= 4 is 17.6 Å². The van der Waals surface area contributed by atoms with Crippen LogP contribution in [0.4, 0.5) is 10.5 Å². The summed E-state index contributed by atoms with van der Waals surface area (Å²) in [4.78, 5) is 31.0. The fraction of sp³-hybridized carbons (Fsp3) is 0.478. The maximum Gasteiger partial charge on any atom is 0.317 e. The average Bonchev–Trinajstić information content (AvgIpc) is 3.25. The van der Waals surface area contributed by atoms with Crippen molar-refractivity contribution in [2.24, 2.45) is 0 Å². The lowest BCUT2D eigenvalue weighted by molar-refractivity contribution is 0.0631. The average molecular weight is 427 g/mol. The van der Waals surface area contributed by atoms with Gasteiger partial charge >= 0.3 is 6.03 Å². The Morgan fingerprint density at radius 3 is 2.16 bits per heavy atom. The molecule has 2 aliphatic heterocycles. The SMILES string of the molecule is Cc1ccc(C(=O)N2CCN(C(=O)NC(C)c3ccc(N4CCOCC4)cc3)CC2)o1. The van der Waals surface area contributed by atoms with E-state index in [1.807, 2.05) is 13.8 Å². The minimum absolute atomic E-state index is 0.100. The van der Waals surface area contributed by atoms with Gasteiger partial charge in [-0.1, -0.05) is 12.1 Å². The molecule has 0 saturated carbocycles. The molecule has 1 N–H and O–H groups in total. The van der Waals surface area contributed by atoms with Crippen LogP contribution in [0.3, 0.4) is 0 Å². The standard InChI is InChI=1S/C23H30N4O4/c1-17-3-8-21(31-17)22(28)26-9-11-27(12-10-26)23(29)24-18(2)19-4-6-20(7-5-19)25-13-15-30-16-14-25/h3-8,18H,9-16H2,1-2H3,(H,24,29). The molecule has 3 amide bonds. The zero-order valence-corrected chi connectivity index (χ0v) is 18.2. The number of carbonyl (C=O) groups is 2. The normalized spacial score (nSPS) is 18.1. The van der Waals surface area contributed by atoms with E-state index in [0.717, 1.165) is 31.9 Å². The van der Waals surface area contributed by atoms with Crippen LogP contribution >= 0.6 is 0 Å². The van der Waals surface area contributed by atoms with Crippen molar-refractivity contribution < 1.29 is 18.7 Å². The van der Waals surface area contributed by atoms with E-state index in [1.165, 1.54) is 5.69 Å². The molecule has 166 valence electrons. The number of ether oxygens (including phenoxy) is 1. The molecule has 1 atom stereocenters. The first-order chi connectivity index (χ1) is 15.0. The second-order valence-corrected chi connectivity index (χ2v) is 8.05. The van der Waals surface area contributed by atoms with Gasteiger partial charge in [0.05, 0.1) is 19.3 Å². The third-order valence-electron chi connectivity index (χ3n) is 5.91. The quantitative estimate of drug-likeness (QED) is 0.813. The Bertz CT molecular complexity index is 897. The second kappa shape index (κ2) is 9.43. The number of urea groups is 1. The van der Waals surface area contributed by atoms with Crippen molar-refractivity contribution in [1.29, 1.82) is 0 Å². The molecular weight excluding hydrogens is 396 g/mol. The fourth-order valence-electron chi connectivity index (χ4n) is 3.97. The van der Waals surface area contributed by atoms with Crippen molar-refractivity contribution in [2.45, 2.75) is 19.9 Å². The number of hydrogen-bond donors (Lipinski definition) is 1. The molecule has 1 aromatic carbocycles. The van der Waals surface area contributed by atoms with E-state index in [2.05, 4.69) is 34.5 Å². The molecule has 3 heterocycles. The number of piperazine rings is 1. The van der Waals surface area contributed by atoms with E-state index in [0.29, 0.717) is 37.7 Å². The van der Waals surface area contributed by atoms with Gasteiger partial charge in [0, 0.05) is 45.0 Å². The summed E-state index contributed by atoms with van der Waals surface area (Å²) >= 11 is 0. The molecule has 8 heteroatoms. The van der Waals surface area contributed by atoms with Crippen LogP contribution in [-0.2, 0) is 4.74 Å². The number of aryl methyl sites for hydroxylation is 1. The van der Waals surface area contributed by atoms with Crippen LogP contribution in [0.25, 0.3) is 0 Å². The highest BCUT2D eigenvalue weighted by atomic mass is 16.5. The van der Waals surface area contributed by atoms with Crippen molar-refractivity contribution in [3.05, 3.63) is 53.5 Å². The lowest BCUT2D eigenvalue weighted by Crippen LogP contribution is -2.53. The van der Waals surface area contributed by atoms with E-state index in [1.54, 1.807) is 21.9 Å². The first kappa shape index (κ1) is 21.2. The van der Waals surface area contributed by atoms with Gasteiger partial charge in [-0.3, -0.25) is 4.79 Å². The number of nitrogens with one attached hydrogen (secondary N) is 1. The molecule has 2 aliphatic rings. The Morgan fingerprint density at radius 2 is 1.55 bits per heavy atom. The summed E-state index contributed by atoms with van der Waals surface area (Å²) in [6.07, 6.45) is 0. The van der Waals surface area contributed by atoms with Gasteiger partial charge in [-0.25, -0.2) is 4.79 Å². The number of carbonyl (C=O) groups excluding carboxylic acids is 2. The molecule has 1 aromatic heterocycles. The summed E-state index contributed by atoms with van der Waals surface area (Å²) in [5, 5.41) is 3.08. The predicted molar refractivity (Wildman–Crippen MR) is 117 cm³/mol. The van der Waals surface area contributed by atoms with Crippen LogP contribution < -0.4 is 10.2 Å². The van der Waals surface area contributed by atoms with Gasteiger partial charge < -0.3 is 29.2 Å².